The van der Waals surface area contributed by atoms with Crippen molar-refractivity contribution in [2.75, 3.05) is 5.12 Å². The van der Waals surface area contributed by atoms with Crippen LogP contribution < -0.4 is 5.12 Å². The number of aliphatic carboxylic acids is 1. The van der Waals surface area contributed by atoms with Crippen molar-refractivity contribution in [1.29, 1.82) is 0 Å². The number of fused-ring (bicyclic) bond motifs is 1. The van der Waals surface area contributed by atoms with Gasteiger partial charge in [-0.2, -0.15) is 0 Å². The van der Waals surface area contributed by atoms with E-state index in [4.69, 9.17) is 0 Å². The maximum absolute atomic E-state index is 11.9. The van der Waals surface area contributed by atoms with E-state index in [1.54, 1.807) is 36.4 Å². The molecule has 2 aromatic carbocycles. The van der Waals surface area contributed by atoms with Gasteiger partial charge in [0.25, 0.3) is 0 Å². The number of rotatable bonds is 4. The number of nitro groups is 1. The molecular weight excluding hydrogens is 378 g/mol. The zero-order valence-electron chi connectivity index (χ0n) is 12.7. The Hall–Kier alpha value is -2.45. The van der Waals surface area contributed by atoms with Crippen LogP contribution in [0.15, 0.2) is 46.9 Å². The minimum atomic E-state index is -1.16. The molecule has 0 fully saturated rings. The first-order valence-electron chi connectivity index (χ1n) is 7.18. The van der Waals surface area contributed by atoms with Gasteiger partial charge in [-0.3, -0.25) is 4.79 Å². The van der Waals surface area contributed by atoms with E-state index in [-0.39, 0.29) is 6.54 Å². The highest BCUT2D eigenvalue weighted by molar-refractivity contribution is 9.10. The van der Waals surface area contributed by atoms with Crippen LogP contribution in [-0.4, -0.2) is 21.1 Å². The average molecular weight is 392 g/mol. The lowest BCUT2D eigenvalue weighted by Crippen LogP contribution is -2.46. The molecule has 0 aliphatic carbocycles. The van der Waals surface area contributed by atoms with Crippen LogP contribution in [0, 0.1) is 17.0 Å². The van der Waals surface area contributed by atoms with Crippen molar-refractivity contribution in [2.45, 2.75) is 19.5 Å². The number of carbonyl (C=O) groups is 1. The van der Waals surface area contributed by atoms with Crippen LogP contribution >= 0.6 is 15.9 Å². The summed E-state index contributed by atoms with van der Waals surface area (Å²) in [5, 5.41) is 22.8. The third-order valence-electron chi connectivity index (χ3n) is 4.04. The van der Waals surface area contributed by atoms with E-state index < -0.39 is 17.0 Å². The molecule has 0 saturated carbocycles. The largest absolute Gasteiger partial charge is 0.480 e. The molecule has 1 N–H and O–H groups in total. The number of halogens is 1. The molecule has 0 saturated heterocycles. The Kier molecular flexibility index (Phi) is 4.25. The van der Waals surface area contributed by atoms with Crippen molar-refractivity contribution >= 4 is 27.6 Å². The molecule has 1 aliphatic rings. The highest BCUT2D eigenvalue weighted by Gasteiger charge is 2.44. The lowest BCUT2D eigenvalue weighted by atomic mass is 10.1. The van der Waals surface area contributed by atoms with Crippen LogP contribution in [0.1, 0.15) is 22.7 Å². The second kappa shape index (κ2) is 6.21. The predicted octanol–water partition coefficient (Wildman–Crippen LogP) is 3.31. The van der Waals surface area contributed by atoms with Gasteiger partial charge in [-0.15, -0.1) is 5.01 Å². The molecule has 0 bridgehead atoms. The second-order valence-electron chi connectivity index (χ2n) is 5.49. The van der Waals surface area contributed by atoms with E-state index in [0.29, 0.717) is 11.3 Å². The topological polar surface area (TPSA) is 86.9 Å². The van der Waals surface area contributed by atoms with Crippen LogP contribution in [0.5, 0.6) is 0 Å². The molecule has 124 valence electrons. The quantitative estimate of drug-likeness (QED) is 0.635. The van der Waals surface area contributed by atoms with Crippen molar-refractivity contribution < 1.29 is 14.9 Å². The standard InChI is InChI=1S/C16H14BrN3O4/c1-10-3-2-4-14-13(10)9-18(19(14)20(23)24)15(16(21)22)11-5-7-12(17)8-6-11/h2-8,15H,9H2,1H3,(H,21,22). The summed E-state index contributed by atoms with van der Waals surface area (Å²) in [5.74, 6) is -1.14. The summed E-state index contributed by atoms with van der Waals surface area (Å²) >= 11 is 3.30. The lowest BCUT2D eigenvalue weighted by Gasteiger charge is -2.26. The number of nitrogens with zero attached hydrogens (tertiary/aromatic N) is 3. The van der Waals surface area contributed by atoms with Gasteiger partial charge in [-0.1, -0.05) is 40.2 Å². The molecule has 0 radical (unpaired) electrons. The van der Waals surface area contributed by atoms with E-state index in [1.165, 1.54) is 5.01 Å². The smallest absolute Gasteiger partial charge is 0.327 e. The average Bonchev–Trinajstić information content (AvgIpc) is 2.89. The summed E-state index contributed by atoms with van der Waals surface area (Å²) in [6.45, 7) is 2.02. The third kappa shape index (κ3) is 2.74. The first-order valence-corrected chi connectivity index (χ1v) is 7.97. The fourth-order valence-electron chi connectivity index (χ4n) is 2.92. The van der Waals surface area contributed by atoms with Crippen molar-refractivity contribution in [3.8, 4) is 0 Å². The number of hydrazine groups is 2. The molecule has 24 heavy (non-hydrogen) atoms. The summed E-state index contributed by atoms with van der Waals surface area (Å²) < 4.78 is 0.807. The van der Waals surface area contributed by atoms with Crippen molar-refractivity contribution in [3.63, 3.8) is 0 Å². The van der Waals surface area contributed by atoms with E-state index in [9.17, 15) is 20.0 Å². The third-order valence-corrected chi connectivity index (χ3v) is 4.57. The summed E-state index contributed by atoms with van der Waals surface area (Å²) in [4.78, 5) is 23.5. The Morgan fingerprint density at radius 2 is 1.96 bits per heavy atom. The molecule has 1 unspecified atom stereocenters. The number of benzene rings is 2. The minimum absolute atomic E-state index is 0.163. The molecule has 1 heterocycles. The number of aryl methyl sites for hydroxylation is 1. The van der Waals surface area contributed by atoms with Crippen LogP contribution in [0.3, 0.4) is 0 Å². The van der Waals surface area contributed by atoms with E-state index in [2.05, 4.69) is 15.9 Å². The molecular formula is C16H14BrN3O4. The molecule has 1 atom stereocenters. The van der Waals surface area contributed by atoms with Gasteiger partial charge >= 0.3 is 5.97 Å². The number of carboxylic acids is 1. The summed E-state index contributed by atoms with van der Waals surface area (Å²) in [5.41, 5.74) is 2.53. The molecule has 0 spiro atoms. The van der Waals surface area contributed by atoms with Crippen molar-refractivity contribution in [2.24, 2.45) is 0 Å². The van der Waals surface area contributed by atoms with Gasteiger partial charge in [0.15, 0.2) is 11.1 Å². The Labute approximate surface area is 146 Å². The van der Waals surface area contributed by atoms with Gasteiger partial charge in [-0.05, 0) is 41.4 Å². The Bertz CT molecular complexity index is 809. The van der Waals surface area contributed by atoms with Crippen molar-refractivity contribution in [3.05, 3.63) is 73.7 Å². The summed E-state index contributed by atoms with van der Waals surface area (Å²) in [7, 11) is 0. The van der Waals surface area contributed by atoms with E-state index in [1.807, 2.05) is 13.0 Å². The monoisotopic (exact) mass is 391 g/mol. The molecule has 2 aromatic rings. The molecule has 7 nitrogen and oxygen atoms in total. The van der Waals surface area contributed by atoms with E-state index in [0.717, 1.165) is 20.7 Å². The summed E-state index contributed by atoms with van der Waals surface area (Å²) in [6.07, 6.45) is 0. The minimum Gasteiger partial charge on any atom is -0.480 e. The van der Waals surface area contributed by atoms with Gasteiger partial charge in [0, 0.05) is 10.0 Å². The Balaban J connectivity index is 2.08. The van der Waals surface area contributed by atoms with Gasteiger partial charge in [0.2, 0.25) is 0 Å². The highest BCUT2D eigenvalue weighted by atomic mass is 79.9. The lowest BCUT2D eigenvalue weighted by molar-refractivity contribution is -0.523. The van der Waals surface area contributed by atoms with Gasteiger partial charge < -0.3 is 5.11 Å². The number of anilines is 1. The zero-order chi connectivity index (χ0) is 17.4. The SMILES string of the molecule is Cc1cccc2c1CN(C(C(=O)O)c1ccc(Br)cc1)N2[N+](=O)[O-]. The Morgan fingerprint density at radius 3 is 2.54 bits per heavy atom. The number of hydrogen-bond donors (Lipinski definition) is 1. The molecule has 3 rings (SSSR count). The predicted molar refractivity (Wildman–Crippen MR) is 90.7 cm³/mol. The van der Waals surface area contributed by atoms with E-state index >= 15 is 0 Å². The second-order valence-corrected chi connectivity index (χ2v) is 6.41. The normalized spacial score (nSPS) is 15.2. The van der Waals surface area contributed by atoms with Crippen LogP contribution in [0.4, 0.5) is 5.69 Å². The highest BCUT2D eigenvalue weighted by Crippen LogP contribution is 2.38. The van der Waals surface area contributed by atoms with Crippen LogP contribution in [0.25, 0.3) is 0 Å². The first kappa shape index (κ1) is 16.4. The van der Waals surface area contributed by atoms with Crippen LogP contribution in [-0.2, 0) is 11.3 Å². The number of hydrogen-bond acceptors (Lipinski definition) is 4. The number of carboxylic acid groups (broad SMARTS) is 1. The molecule has 8 heteroatoms. The summed E-state index contributed by atoms with van der Waals surface area (Å²) in [6, 6.07) is 10.8. The Morgan fingerprint density at radius 1 is 1.29 bits per heavy atom. The van der Waals surface area contributed by atoms with Crippen LogP contribution in [0.2, 0.25) is 0 Å². The maximum atomic E-state index is 11.9. The molecule has 0 aromatic heterocycles. The molecule has 1 aliphatic heterocycles. The fourth-order valence-corrected chi connectivity index (χ4v) is 3.18. The van der Waals surface area contributed by atoms with Gasteiger partial charge in [0.1, 0.15) is 5.69 Å². The maximum Gasteiger partial charge on any atom is 0.327 e. The molecule has 0 amide bonds. The first-order chi connectivity index (χ1) is 11.4. The van der Waals surface area contributed by atoms with Crippen molar-refractivity contribution in [1.82, 2.24) is 5.01 Å². The zero-order valence-corrected chi connectivity index (χ0v) is 14.3. The van der Waals surface area contributed by atoms with Gasteiger partial charge in [0.05, 0.1) is 6.54 Å². The van der Waals surface area contributed by atoms with Gasteiger partial charge in [-0.25, -0.2) is 10.1 Å². The fraction of sp³-hybridized carbons (Fsp3) is 0.188.